The van der Waals surface area contributed by atoms with E-state index in [0.29, 0.717) is 6.54 Å². The third-order valence-electron chi connectivity index (χ3n) is 2.69. The molecule has 6 heteroatoms. The summed E-state index contributed by atoms with van der Waals surface area (Å²) < 4.78 is 0. The van der Waals surface area contributed by atoms with Crippen LogP contribution in [-0.4, -0.2) is 20.9 Å². The predicted molar refractivity (Wildman–Crippen MR) is 76.4 cm³/mol. The summed E-state index contributed by atoms with van der Waals surface area (Å²) in [6.07, 6.45) is 3.21. The highest BCUT2D eigenvalue weighted by Gasteiger charge is 2.23. The van der Waals surface area contributed by atoms with Crippen LogP contribution in [0.3, 0.4) is 0 Å². The van der Waals surface area contributed by atoms with E-state index in [4.69, 9.17) is 18.0 Å². The van der Waals surface area contributed by atoms with Crippen LogP contribution in [0.15, 0.2) is 42.9 Å². The maximum Gasteiger partial charge on any atom is 0.234 e. The molecular weight excluding hydrogens is 260 g/mol. The number of amides is 1. The molecule has 0 aliphatic heterocycles. The molecule has 0 aliphatic carbocycles. The van der Waals surface area contributed by atoms with Gasteiger partial charge in [0.25, 0.3) is 0 Å². The van der Waals surface area contributed by atoms with Gasteiger partial charge in [-0.15, -0.1) is 0 Å². The largest absolute Gasteiger partial charge is 0.392 e. The Morgan fingerprint density at radius 1 is 1.42 bits per heavy atom. The van der Waals surface area contributed by atoms with E-state index < -0.39 is 5.92 Å². The molecule has 1 aromatic carbocycles. The Balaban J connectivity index is 2.07. The van der Waals surface area contributed by atoms with E-state index in [1.54, 1.807) is 12.5 Å². The molecule has 0 fully saturated rings. The van der Waals surface area contributed by atoms with Gasteiger partial charge in [0.05, 0.1) is 23.6 Å². The minimum Gasteiger partial charge on any atom is -0.392 e. The Bertz CT molecular complexity index is 553. The lowest BCUT2D eigenvalue weighted by Crippen LogP contribution is -2.35. The molecule has 1 amide bonds. The molecule has 4 N–H and O–H groups in total. The van der Waals surface area contributed by atoms with Crippen molar-refractivity contribution in [2.45, 2.75) is 12.5 Å². The summed E-state index contributed by atoms with van der Waals surface area (Å²) in [6.45, 7) is 0.366. The molecule has 5 nitrogen and oxygen atoms in total. The topological polar surface area (TPSA) is 83.8 Å². The van der Waals surface area contributed by atoms with Gasteiger partial charge in [0.15, 0.2) is 0 Å². The second-order valence-electron chi connectivity index (χ2n) is 4.04. The quantitative estimate of drug-likeness (QED) is 0.713. The summed E-state index contributed by atoms with van der Waals surface area (Å²) >= 11 is 4.99. The standard InChI is InChI=1S/C13H14N4OS/c14-12(19)11(9-4-2-1-3-5-9)13(18)16-7-10-6-15-8-17-10/h1-6,8,11H,7H2,(H2,14,19)(H,15,17)(H,16,18). The molecule has 0 saturated carbocycles. The summed E-state index contributed by atoms with van der Waals surface area (Å²) in [5.41, 5.74) is 7.28. The monoisotopic (exact) mass is 274 g/mol. The Hall–Kier alpha value is -2.21. The first-order valence-corrected chi connectivity index (χ1v) is 6.18. The Kier molecular flexibility index (Phi) is 4.25. The number of carbonyl (C=O) groups is 1. The molecule has 0 aliphatic rings. The number of aromatic amines is 1. The molecule has 1 unspecified atom stereocenters. The summed E-state index contributed by atoms with van der Waals surface area (Å²) in [4.78, 5) is 19.1. The molecular formula is C13H14N4OS. The fourth-order valence-corrected chi connectivity index (χ4v) is 2.00. The SMILES string of the molecule is NC(=S)C(C(=O)NCc1cnc[nH]1)c1ccccc1. The number of carbonyl (C=O) groups excluding carboxylic acids is 1. The number of H-pyrrole nitrogens is 1. The van der Waals surface area contributed by atoms with E-state index in [9.17, 15) is 4.79 Å². The van der Waals surface area contributed by atoms with Crippen LogP contribution < -0.4 is 11.1 Å². The third kappa shape index (κ3) is 3.38. The van der Waals surface area contributed by atoms with Gasteiger partial charge in [-0.1, -0.05) is 42.5 Å². The number of imidazole rings is 1. The molecule has 0 radical (unpaired) electrons. The first-order chi connectivity index (χ1) is 9.18. The van der Waals surface area contributed by atoms with Crippen molar-refractivity contribution in [2.75, 3.05) is 0 Å². The van der Waals surface area contributed by atoms with Crippen molar-refractivity contribution in [2.24, 2.45) is 5.73 Å². The summed E-state index contributed by atoms with van der Waals surface area (Å²) in [6, 6.07) is 9.24. The first kappa shape index (κ1) is 13.2. The molecule has 0 saturated heterocycles. The van der Waals surface area contributed by atoms with E-state index in [1.807, 2.05) is 30.3 Å². The van der Waals surface area contributed by atoms with Crippen LogP contribution >= 0.6 is 12.2 Å². The van der Waals surface area contributed by atoms with Crippen molar-refractivity contribution in [1.82, 2.24) is 15.3 Å². The summed E-state index contributed by atoms with van der Waals surface area (Å²) in [5, 5.41) is 2.79. The lowest BCUT2D eigenvalue weighted by molar-refractivity contribution is -0.121. The highest BCUT2D eigenvalue weighted by molar-refractivity contribution is 7.80. The maximum absolute atomic E-state index is 12.2. The van der Waals surface area contributed by atoms with Crippen LogP contribution in [0.4, 0.5) is 0 Å². The van der Waals surface area contributed by atoms with Gasteiger partial charge in [-0.25, -0.2) is 4.98 Å². The predicted octanol–water partition coefficient (Wildman–Crippen LogP) is 1.10. The maximum atomic E-state index is 12.2. The second-order valence-corrected chi connectivity index (χ2v) is 4.51. The highest BCUT2D eigenvalue weighted by atomic mass is 32.1. The van der Waals surface area contributed by atoms with E-state index in [0.717, 1.165) is 11.3 Å². The van der Waals surface area contributed by atoms with E-state index in [2.05, 4.69) is 15.3 Å². The zero-order valence-corrected chi connectivity index (χ0v) is 11.0. The van der Waals surface area contributed by atoms with E-state index >= 15 is 0 Å². The third-order valence-corrected chi connectivity index (χ3v) is 2.92. The number of aromatic nitrogens is 2. The van der Waals surface area contributed by atoms with Crippen molar-refractivity contribution in [3.8, 4) is 0 Å². The Morgan fingerprint density at radius 2 is 2.16 bits per heavy atom. The van der Waals surface area contributed by atoms with Gasteiger partial charge in [0.1, 0.15) is 5.92 Å². The van der Waals surface area contributed by atoms with Crippen molar-refractivity contribution >= 4 is 23.1 Å². The van der Waals surface area contributed by atoms with Crippen LogP contribution in [0.2, 0.25) is 0 Å². The van der Waals surface area contributed by atoms with Crippen molar-refractivity contribution in [1.29, 1.82) is 0 Å². The number of nitrogens with two attached hydrogens (primary N) is 1. The van der Waals surface area contributed by atoms with Gasteiger partial charge in [0.2, 0.25) is 5.91 Å². The van der Waals surface area contributed by atoms with E-state index in [1.165, 1.54) is 0 Å². The molecule has 2 rings (SSSR count). The first-order valence-electron chi connectivity index (χ1n) is 5.77. The summed E-state index contributed by atoms with van der Waals surface area (Å²) in [7, 11) is 0. The Morgan fingerprint density at radius 3 is 2.74 bits per heavy atom. The van der Waals surface area contributed by atoms with Crippen molar-refractivity contribution < 1.29 is 4.79 Å². The fourth-order valence-electron chi connectivity index (χ4n) is 1.76. The highest BCUT2D eigenvalue weighted by Crippen LogP contribution is 2.16. The molecule has 1 atom stereocenters. The lowest BCUT2D eigenvalue weighted by atomic mass is 9.98. The number of rotatable bonds is 5. The molecule has 98 valence electrons. The smallest absolute Gasteiger partial charge is 0.234 e. The fraction of sp³-hybridized carbons (Fsp3) is 0.154. The van der Waals surface area contributed by atoms with Gasteiger partial charge in [-0.2, -0.15) is 0 Å². The molecule has 0 bridgehead atoms. The molecule has 1 heterocycles. The average Bonchev–Trinajstić information content (AvgIpc) is 2.90. The number of benzene rings is 1. The molecule has 2 aromatic rings. The number of nitrogens with one attached hydrogen (secondary N) is 2. The number of hydrogen-bond donors (Lipinski definition) is 3. The lowest BCUT2D eigenvalue weighted by Gasteiger charge is -2.15. The van der Waals surface area contributed by atoms with Gasteiger partial charge >= 0.3 is 0 Å². The normalized spacial score (nSPS) is 11.8. The van der Waals surface area contributed by atoms with E-state index in [-0.39, 0.29) is 10.9 Å². The minimum absolute atomic E-state index is 0.160. The van der Waals surface area contributed by atoms with Gasteiger partial charge in [0, 0.05) is 6.20 Å². The van der Waals surface area contributed by atoms with Crippen LogP contribution in [0.25, 0.3) is 0 Å². The van der Waals surface area contributed by atoms with Crippen molar-refractivity contribution in [3.63, 3.8) is 0 Å². The average molecular weight is 274 g/mol. The van der Waals surface area contributed by atoms with Crippen LogP contribution in [-0.2, 0) is 11.3 Å². The van der Waals surface area contributed by atoms with Gasteiger partial charge in [-0.05, 0) is 5.56 Å². The summed E-state index contributed by atoms with van der Waals surface area (Å²) in [5.74, 6) is -0.826. The molecule has 19 heavy (non-hydrogen) atoms. The number of nitrogens with zero attached hydrogens (tertiary/aromatic N) is 1. The zero-order valence-electron chi connectivity index (χ0n) is 10.2. The van der Waals surface area contributed by atoms with Crippen LogP contribution in [0.5, 0.6) is 0 Å². The molecule has 0 spiro atoms. The minimum atomic E-state index is -0.612. The van der Waals surface area contributed by atoms with Gasteiger partial charge in [-0.3, -0.25) is 4.79 Å². The molecule has 1 aromatic heterocycles. The van der Waals surface area contributed by atoms with Crippen LogP contribution in [0.1, 0.15) is 17.2 Å². The van der Waals surface area contributed by atoms with Gasteiger partial charge < -0.3 is 16.0 Å². The van der Waals surface area contributed by atoms with Crippen LogP contribution in [0, 0.1) is 0 Å². The number of thiocarbonyl (C=S) groups is 1. The zero-order chi connectivity index (χ0) is 13.7. The second kappa shape index (κ2) is 6.10. The Labute approximate surface area is 116 Å². The number of hydrogen-bond acceptors (Lipinski definition) is 3. The van der Waals surface area contributed by atoms with Crippen molar-refractivity contribution in [3.05, 3.63) is 54.1 Å².